The quantitative estimate of drug-likeness (QED) is 0.515. The van der Waals surface area contributed by atoms with Crippen LogP contribution < -0.4 is 9.47 Å². The molecule has 0 aromatic heterocycles. The van der Waals surface area contributed by atoms with Crippen LogP contribution in [0.25, 0.3) is 0 Å². The molecule has 112 valence electrons. The van der Waals surface area contributed by atoms with Gasteiger partial charge in [-0.25, -0.2) is 0 Å². The van der Waals surface area contributed by atoms with Crippen LogP contribution >= 0.6 is 0 Å². The van der Waals surface area contributed by atoms with Gasteiger partial charge < -0.3 is 23.7 Å². The zero-order chi connectivity index (χ0) is 14.2. The summed E-state index contributed by atoms with van der Waals surface area (Å²) in [4.78, 5) is 0. The van der Waals surface area contributed by atoms with Gasteiger partial charge in [0.05, 0.1) is 13.2 Å². The second-order valence-electron chi connectivity index (χ2n) is 4.37. The Morgan fingerprint density at radius 1 is 1.10 bits per heavy atom. The van der Waals surface area contributed by atoms with Crippen molar-refractivity contribution in [1.29, 1.82) is 0 Å². The molecular weight excluding hydrogens is 260 g/mol. The fourth-order valence-corrected chi connectivity index (χ4v) is 1.99. The highest BCUT2D eigenvalue weighted by Crippen LogP contribution is 2.32. The summed E-state index contributed by atoms with van der Waals surface area (Å²) in [7, 11) is 0. The van der Waals surface area contributed by atoms with Crippen LogP contribution in [0, 0.1) is 0 Å². The largest absolute Gasteiger partial charge is 0.454 e. The Hall–Kier alpha value is -1.30. The van der Waals surface area contributed by atoms with Crippen molar-refractivity contribution in [2.75, 3.05) is 26.6 Å². The molecule has 0 fully saturated rings. The van der Waals surface area contributed by atoms with Crippen LogP contribution in [0.3, 0.4) is 0 Å². The predicted molar refractivity (Wildman–Crippen MR) is 73.9 cm³/mol. The van der Waals surface area contributed by atoms with E-state index < -0.39 is 0 Å². The van der Waals surface area contributed by atoms with E-state index in [0.29, 0.717) is 33.2 Å². The molecule has 2 rings (SSSR count). The van der Waals surface area contributed by atoms with Gasteiger partial charge >= 0.3 is 0 Å². The molecule has 1 aliphatic rings. The molecule has 20 heavy (non-hydrogen) atoms. The van der Waals surface area contributed by atoms with Crippen molar-refractivity contribution in [2.24, 2.45) is 0 Å². The van der Waals surface area contributed by atoms with Gasteiger partial charge in [0.1, 0.15) is 0 Å². The van der Waals surface area contributed by atoms with Crippen LogP contribution in [0.2, 0.25) is 0 Å². The van der Waals surface area contributed by atoms with Crippen molar-refractivity contribution in [1.82, 2.24) is 0 Å². The smallest absolute Gasteiger partial charge is 0.231 e. The van der Waals surface area contributed by atoms with Gasteiger partial charge in [-0.2, -0.15) is 0 Å². The lowest BCUT2D eigenvalue weighted by molar-refractivity contribution is -0.147. The Balaban J connectivity index is 1.70. The minimum atomic E-state index is -0.179. The highest BCUT2D eigenvalue weighted by molar-refractivity contribution is 5.44. The van der Waals surface area contributed by atoms with Crippen molar-refractivity contribution in [3.8, 4) is 11.5 Å². The van der Waals surface area contributed by atoms with Gasteiger partial charge in [0.2, 0.25) is 6.79 Å². The average Bonchev–Trinajstić information content (AvgIpc) is 2.91. The Labute approximate surface area is 119 Å². The molecule has 0 saturated carbocycles. The molecule has 0 unspecified atom stereocenters. The van der Waals surface area contributed by atoms with Gasteiger partial charge in [0.25, 0.3) is 0 Å². The Bertz CT molecular complexity index is 401. The molecule has 1 heterocycles. The molecular formula is C15H22O5. The van der Waals surface area contributed by atoms with Crippen LogP contribution in [-0.2, 0) is 20.8 Å². The van der Waals surface area contributed by atoms with E-state index in [4.69, 9.17) is 23.7 Å². The Morgan fingerprint density at radius 2 is 1.85 bits per heavy atom. The van der Waals surface area contributed by atoms with E-state index in [9.17, 15) is 0 Å². The van der Waals surface area contributed by atoms with Gasteiger partial charge in [-0.1, -0.05) is 6.07 Å². The summed E-state index contributed by atoms with van der Waals surface area (Å²) >= 11 is 0. The summed E-state index contributed by atoms with van der Waals surface area (Å²) in [6.07, 6.45) is 0.549. The van der Waals surface area contributed by atoms with Crippen LogP contribution in [0.15, 0.2) is 18.2 Å². The molecule has 0 saturated heterocycles. The molecule has 0 spiro atoms. The molecule has 0 amide bonds. The summed E-state index contributed by atoms with van der Waals surface area (Å²) in [5.74, 6) is 1.58. The predicted octanol–water partition coefficient (Wildman–Crippen LogP) is 2.72. The highest BCUT2D eigenvalue weighted by atomic mass is 16.7. The molecule has 0 radical (unpaired) electrons. The number of hydrogen-bond donors (Lipinski definition) is 0. The lowest BCUT2D eigenvalue weighted by atomic mass is 10.2. The molecule has 5 heteroatoms. The SMILES string of the molecule is CCOC(CCOCc1ccc2c(c1)OCO2)OCC. The first-order chi connectivity index (χ1) is 9.83. The maximum absolute atomic E-state index is 5.65. The summed E-state index contributed by atoms with van der Waals surface area (Å²) < 4.78 is 27.2. The standard InChI is InChI=1S/C15H22O5/c1-3-17-15(18-4-2)7-8-16-10-12-5-6-13-14(9-12)20-11-19-13/h5-6,9,15H,3-4,7-8,10-11H2,1-2H3. The second kappa shape index (κ2) is 8.09. The Morgan fingerprint density at radius 3 is 2.60 bits per heavy atom. The van der Waals surface area contributed by atoms with Gasteiger partial charge in [-0.15, -0.1) is 0 Å². The van der Waals surface area contributed by atoms with Gasteiger partial charge in [0, 0.05) is 19.6 Å². The number of hydrogen-bond acceptors (Lipinski definition) is 5. The van der Waals surface area contributed by atoms with Crippen molar-refractivity contribution in [3.63, 3.8) is 0 Å². The lowest BCUT2D eigenvalue weighted by Crippen LogP contribution is -2.19. The fraction of sp³-hybridized carbons (Fsp3) is 0.600. The van der Waals surface area contributed by atoms with Crippen LogP contribution in [-0.4, -0.2) is 32.9 Å². The van der Waals surface area contributed by atoms with Gasteiger partial charge in [-0.05, 0) is 31.5 Å². The van der Waals surface area contributed by atoms with E-state index in [2.05, 4.69) is 0 Å². The molecule has 0 N–H and O–H groups in total. The molecule has 1 aromatic rings. The maximum atomic E-state index is 5.65. The molecule has 5 nitrogen and oxygen atoms in total. The third-order valence-corrected chi connectivity index (χ3v) is 2.91. The highest BCUT2D eigenvalue weighted by Gasteiger charge is 2.13. The minimum Gasteiger partial charge on any atom is -0.454 e. The minimum absolute atomic E-state index is 0.179. The van der Waals surface area contributed by atoms with Gasteiger partial charge in [-0.3, -0.25) is 0 Å². The van der Waals surface area contributed by atoms with E-state index in [1.54, 1.807) is 0 Å². The first-order valence-electron chi connectivity index (χ1n) is 7.03. The number of fused-ring (bicyclic) bond motifs is 1. The first kappa shape index (κ1) is 15.1. The zero-order valence-corrected chi connectivity index (χ0v) is 12.1. The summed E-state index contributed by atoms with van der Waals surface area (Å²) in [6, 6.07) is 5.84. The number of ether oxygens (including phenoxy) is 5. The monoisotopic (exact) mass is 282 g/mol. The van der Waals surface area contributed by atoms with E-state index in [1.807, 2.05) is 32.0 Å². The van der Waals surface area contributed by atoms with Crippen LogP contribution in [0.4, 0.5) is 0 Å². The Kier molecular flexibility index (Phi) is 6.11. The van der Waals surface area contributed by atoms with Crippen molar-refractivity contribution >= 4 is 0 Å². The summed E-state index contributed by atoms with van der Waals surface area (Å²) in [6.45, 7) is 6.64. The van der Waals surface area contributed by atoms with E-state index in [1.165, 1.54) is 0 Å². The van der Waals surface area contributed by atoms with Crippen molar-refractivity contribution in [2.45, 2.75) is 33.2 Å². The van der Waals surface area contributed by atoms with E-state index in [-0.39, 0.29) is 6.29 Å². The molecule has 1 aromatic carbocycles. The number of rotatable bonds is 9. The molecule has 0 atom stereocenters. The fourth-order valence-electron chi connectivity index (χ4n) is 1.99. The maximum Gasteiger partial charge on any atom is 0.231 e. The normalized spacial score (nSPS) is 13.2. The van der Waals surface area contributed by atoms with Crippen LogP contribution in [0.1, 0.15) is 25.8 Å². The van der Waals surface area contributed by atoms with E-state index >= 15 is 0 Å². The van der Waals surface area contributed by atoms with Crippen molar-refractivity contribution < 1.29 is 23.7 Å². The third-order valence-electron chi connectivity index (χ3n) is 2.91. The second-order valence-corrected chi connectivity index (χ2v) is 4.37. The molecule has 1 aliphatic heterocycles. The molecule has 0 bridgehead atoms. The third kappa shape index (κ3) is 4.37. The van der Waals surface area contributed by atoms with Crippen LogP contribution in [0.5, 0.6) is 11.5 Å². The average molecular weight is 282 g/mol. The lowest BCUT2D eigenvalue weighted by Gasteiger charge is -2.16. The zero-order valence-electron chi connectivity index (χ0n) is 12.1. The summed E-state index contributed by atoms with van der Waals surface area (Å²) in [5.41, 5.74) is 1.07. The van der Waals surface area contributed by atoms with Crippen molar-refractivity contribution in [3.05, 3.63) is 23.8 Å². The summed E-state index contributed by atoms with van der Waals surface area (Å²) in [5, 5.41) is 0. The van der Waals surface area contributed by atoms with Gasteiger partial charge in [0.15, 0.2) is 17.8 Å². The number of benzene rings is 1. The topological polar surface area (TPSA) is 46.2 Å². The first-order valence-corrected chi connectivity index (χ1v) is 7.03. The van der Waals surface area contributed by atoms with E-state index in [0.717, 1.165) is 23.5 Å². The molecule has 0 aliphatic carbocycles.